The van der Waals surface area contributed by atoms with E-state index in [1.165, 1.54) is 18.1 Å². The predicted octanol–water partition coefficient (Wildman–Crippen LogP) is 4.58. The third-order valence-electron chi connectivity index (χ3n) is 4.91. The predicted molar refractivity (Wildman–Crippen MR) is 115 cm³/mol. The van der Waals surface area contributed by atoms with E-state index in [4.69, 9.17) is 21.1 Å². The molecule has 7 heteroatoms. The molecule has 1 fully saturated rings. The topological polar surface area (TPSA) is 76.1 Å². The van der Waals surface area contributed by atoms with Gasteiger partial charge in [0.05, 0.1) is 30.4 Å². The fraction of sp³-hybridized carbons (Fsp3) is 0.304. The Morgan fingerprint density at radius 2 is 1.93 bits per heavy atom. The van der Waals surface area contributed by atoms with Crippen LogP contribution in [-0.4, -0.2) is 42.0 Å². The van der Waals surface area contributed by atoms with Crippen LogP contribution >= 0.6 is 11.6 Å². The highest BCUT2D eigenvalue weighted by Crippen LogP contribution is 2.41. The summed E-state index contributed by atoms with van der Waals surface area (Å²) in [6.45, 7) is 4.68. The van der Waals surface area contributed by atoms with Gasteiger partial charge in [0.2, 0.25) is 0 Å². The van der Waals surface area contributed by atoms with Gasteiger partial charge in [-0.2, -0.15) is 0 Å². The first-order chi connectivity index (χ1) is 14.4. The van der Waals surface area contributed by atoms with Crippen molar-refractivity contribution < 1.29 is 24.2 Å². The summed E-state index contributed by atoms with van der Waals surface area (Å²) in [4.78, 5) is 27.2. The second kappa shape index (κ2) is 9.22. The normalized spacial score (nSPS) is 18.0. The van der Waals surface area contributed by atoms with E-state index >= 15 is 0 Å². The van der Waals surface area contributed by atoms with Crippen molar-refractivity contribution in [3.63, 3.8) is 0 Å². The molecule has 0 aliphatic carbocycles. The Hall–Kier alpha value is -2.99. The van der Waals surface area contributed by atoms with Gasteiger partial charge in [-0.25, -0.2) is 0 Å². The lowest BCUT2D eigenvalue weighted by atomic mass is 9.95. The van der Waals surface area contributed by atoms with Gasteiger partial charge in [-0.1, -0.05) is 30.7 Å². The maximum Gasteiger partial charge on any atom is 0.295 e. The van der Waals surface area contributed by atoms with E-state index in [2.05, 4.69) is 0 Å². The van der Waals surface area contributed by atoms with Gasteiger partial charge in [0.1, 0.15) is 17.3 Å². The molecule has 0 aromatic heterocycles. The Bertz CT molecular complexity index is 1000. The molecule has 1 heterocycles. The van der Waals surface area contributed by atoms with Gasteiger partial charge in [-0.05, 0) is 49.2 Å². The first kappa shape index (κ1) is 21.7. The van der Waals surface area contributed by atoms with Gasteiger partial charge in [0, 0.05) is 12.1 Å². The summed E-state index contributed by atoms with van der Waals surface area (Å²) in [5, 5.41) is 11.3. The molecule has 0 bridgehead atoms. The van der Waals surface area contributed by atoms with Crippen LogP contribution in [0.15, 0.2) is 48.0 Å². The first-order valence-corrected chi connectivity index (χ1v) is 10.2. The van der Waals surface area contributed by atoms with Crippen LogP contribution in [0.4, 0.5) is 0 Å². The third-order valence-corrected chi connectivity index (χ3v) is 5.21. The minimum Gasteiger partial charge on any atom is -0.507 e. The number of ketones is 1. The van der Waals surface area contributed by atoms with Crippen LogP contribution in [0.5, 0.6) is 11.5 Å². The molecule has 0 radical (unpaired) electrons. The molecule has 1 saturated heterocycles. The second-order valence-corrected chi connectivity index (χ2v) is 7.25. The lowest BCUT2D eigenvalue weighted by molar-refractivity contribution is -0.139. The number of ether oxygens (including phenoxy) is 2. The molecule has 2 aromatic rings. The number of benzene rings is 2. The molecule has 1 aliphatic heterocycles. The van der Waals surface area contributed by atoms with E-state index in [1.807, 2.05) is 26.0 Å². The van der Waals surface area contributed by atoms with Gasteiger partial charge in [0.25, 0.3) is 11.7 Å². The molecule has 158 valence electrons. The largest absolute Gasteiger partial charge is 0.507 e. The van der Waals surface area contributed by atoms with Crippen molar-refractivity contribution in [1.82, 2.24) is 4.90 Å². The van der Waals surface area contributed by atoms with Crippen molar-refractivity contribution in [2.75, 3.05) is 20.3 Å². The molecule has 0 saturated carbocycles. The van der Waals surface area contributed by atoms with Crippen molar-refractivity contribution in [3.05, 3.63) is 64.2 Å². The van der Waals surface area contributed by atoms with E-state index in [0.717, 1.165) is 0 Å². The molecule has 6 nitrogen and oxygen atoms in total. The summed E-state index contributed by atoms with van der Waals surface area (Å²) in [6, 6.07) is 11.2. The average Bonchev–Trinajstić information content (AvgIpc) is 2.99. The molecule has 0 spiro atoms. The summed E-state index contributed by atoms with van der Waals surface area (Å²) in [5.41, 5.74) is 1.05. The SMILES string of the molecule is CCCN1C(=O)C(=O)/C(=C(/O)c2ccc(OC)c(Cl)c2)C1c1cccc(OCC)c1. The molecule has 1 atom stereocenters. The van der Waals surface area contributed by atoms with E-state index in [9.17, 15) is 14.7 Å². The summed E-state index contributed by atoms with van der Waals surface area (Å²) in [7, 11) is 1.49. The van der Waals surface area contributed by atoms with Crippen LogP contribution in [-0.2, 0) is 9.59 Å². The van der Waals surface area contributed by atoms with Crippen LogP contribution in [0.2, 0.25) is 5.02 Å². The Labute approximate surface area is 180 Å². The van der Waals surface area contributed by atoms with E-state index in [1.54, 1.807) is 24.3 Å². The molecule has 1 N–H and O–H groups in total. The van der Waals surface area contributed by atoms with Crippen LogP contribution < -0.4 is 9.47 Å². The van der Waals surface area contributed by atoms with Crippen molar-refractivity contribution in [2.24, 2.45) is 0 Å². The van der Waals surface area contributed by atoms with Crippen LogP contribution in [0, 0.1) is 0 Å². The molecule has 1 aliphatic rings. The van der Waals surface area contributed by atoms with Gasteiger partial charge in [0.15, 0.2) is 0 Å². The maximum atomic E-state index is 12.9. The second-order valence-electron chi connectivity index (χ2n) is 6.85. The number of hydrogen-bond donors (Lipinski definition) is 1. The number of aliphatic hydroxyl groups excluding tert-OH is 1. The van der Waals surface area contributed by atoms with E-state index in [-0.39, 0.29) is 11.3 Å². The van der Waals surface area contributed by atoms with Gasteiger partial charge in [-0.3, -0.25) is 9.59 Å². The number of rotatable bonds is 7. The lowest BCUT2D eigenvalue weighted by Gasteiger charge is -2.25. The molecule has 1 unspecified atom stereocenters. The van der Waals surface area contributed by atoms with Crippen molar-refractivity contribution in [3.8, 4) is 11.5 Å². The molecule has 1 amide bonds. The van der Waals surface area contributed by atoms with Gasteiger partial charge < -0.3 is 19.5 Å². The highest BCUT2D eigenvalue weighted by Gasteiger charge is 2.45. The number of nitrogens with zero attached hydrogens (tertiary/aromatic N) is 1. The third kappa shape index (κ3) is 4.00. The zero-order valence-electron chi connectivity index (χ0n) is 17.1. The smallest absolute Gasteiger partial charge is 0.295 e. The average molecular weight is 430 g/mol. The Morgan fingerprint density at radius 3 is 2.57 bits per heavy atom. The number of carbonyl (C=O) groups excluding carboxylic acids is 2. The molecule has 2 aromatic carbocycles. The summed E-state index contributed by atoms with van der Waals surface area (Å²) in [5.74, 6) is -0.557. The molecular weight excluding hydrogens is 406 g/mol. The van der Waals surface area contributed by atoms with Gasteiger partial charge >= 0.3 is 0 Å². The highest BCUT2D eigenvalue weighted by atomic mass is 35.5. The maximum absolute atomic E-state index is 12.9. The van der Waals surface area contributed by atoms with Crippen LogP contribution in [0.25, 0.3) is 5.76 Å². The monoisotopic (exact) mass is 429 g/mol. The number of methoxy groups -OCH3 is 1. The summed E-state index contributed by atoms with van der Waals surface area (Å²) >= 11 is 6.20. The fourth-order valence-electron chi connectivity index (χ4n) is 3.61. The number of halogens is 1. The Kier molecular flexibility index (Phi) is 6.67. The van der Waals surface area contributed by atoms with Crippen LogP contribution in [0.3, 0.4) is 0 Å². The number of carbonyl (C=O) groups is 2. The molecule has 30 heavy (non-hydrogen) atoms. The lowest BCUT2D eigenvalue weighted by Crippen LogP contribution is -2.30. The first-order valence-electron chi connectivity index (χ1n) is 9.78. The zero-order valence-corrected chi connectivity index (χ0v) is 17.9. The number of hydrogen-bond acceptors (Lipinski definition) is 5. The van der Waals surface area contributed by atoms with Gasteiger partial charge in [-0.15, -0.1) is 0 Å². The molecule has 3 rings (SSSR count). The minimum absolute atomic E-state index is 0.0309. The summed E-state index contributed by atoms with van der Waals surface area (Å²) < 4.78 is 10.7. The minimum atomic E-state index is -0.722. The standard InChI is InChI=1S/C23H24ClNO5/c1-4-11-25-20(14-7-6-8-16(12-14)30-5-2)19(22(27)23(25)28)21(26)15-9-10-18(29-3)17(24)13-15/h6-10,12-13,20,26H,4-5,11H2,1-3H3/b21-19+. The van der Waals surface area contributed by atoms with E-state index in [0.29, 0.717) is 47.2 Å². The molecular formula is C23H24ClNO5. The van der Waals surface area contributed by atoms with Crippen molar-refractivity contribution in [2.45, 2.75) is 26.3 Å². The number of Topliss-reactive ketones (excluding diaryl/α,β-unsaturated/α-hetero) is 1. The van der Waals surface area contributed by atoms with Crippen LogP contribution in [0.1, 0.15) is 37.4 Å². The Balaban J connectivity index is 2.17. The number of amides is 1. The zero-order chi connectivity index (χ0) is 21.8. The van der Waals surface area contributed by atoms with Crippen molar-refractivity contribution in [1.29, 1.82) is 0 Å². The fourth-order valence-corrected chi connectivity index (χ4v) is 3.87. The number of aliphatic hydroxyl groups is 1. The highest BCUT2D eigenvalue weighted by molar-refractivity contribution is 6.46. The number of likely N-dealkylation sites (tertiary alicyclic amines) is 1. The quantitative estimate of drug-likeness (QED) is 0.396. The Morgan fingerprint density at radius 1 is 1.17 bits per heavy atom. The van der Waals surface area contributed by atoms with E-state index < -0.39 is 17.7 Å². The summed E-state index contributed by atoms with van der Waals surface area (Å²) in [6.07, 6.45) is 0.670. The van der Waals surface area contributed by atoms with Crippen molar-refractivity contribution >= 4 is 29.1 Å².